The number of rotatable bonds is 6. The minimum Gasteiger partial charge on any atom is -0.368 e. The molecule has 0 amide bonds. The standard InChI is InChI=1S/C23H26O6S/c1-16-9-11-18(12-10-16)30(24,25)14-13-19-20(26-15-17-7-5-4-6-8-17)21-22(27-19)29-23(2,3)28-21/h4-14,19-22H,15H2,1-3H3/b14-13+/t19-,20+,21-,22-/m1/s1. The summed E-state index contributed by atoms with van der Waals surface area (Å²) in [5.41, 5.74) is 2.00. The first kappa shape index (κ1) is 21.2. The van der Waals surface area contributed by atoms with Crippen molar-refractivity contribution in [2.24, 2.45) is 0 Å². The molecule has 30 heavy (non-hydrogen) atoms. The van der Waals surface area contributed by atoms with Gasteiger partial charge in [-0.25, -0.2) is 8.42 Å². The highest BCUT2D eigenvalue weighted by molar-refractivity contribution is 7.94. The van der Waals surface area contributed by atoms with Crippen molar-refractivity contribution < 1.29 is 27.4 Å². The first-order valence-electron chi connectivity index (χ1n) is 9.90. The number of ether oxygens (including phenoxy) is 4. The number of hydrogen-bond acceptors (Lipinski definition) is 6. The van der Waals surface area contributed by atoms with Crippen molar-refractivity contribution in [3.8, 4) is 0 Å². The van der Waals surface area contributed by atoms with Gasteiger partial charge in [0.15, 0.2) is 21.9 Å². The van der Waals surface area contributed by atoms with Gasteiger partial charge in [-0.05, 0) is 44.5 Å². The van der Waals surface area contributed by atoms with E-state index < -0.39 is 40.2 Å². The van der Waals surface area contributed by atoms with Gasteiger partial charge in [0.05, 0.1) is 11.5 Å². The molecule has 0 radical (unpaired) electrons. The van der Waals surface area contributed by atoms with Gasteiger partial charge in [0.25, 0.3) is 0 Å². The zero-order valence-corrected chi connectivity index (χ0v) is 18.0. The van der Waals surface area contributed by atoms with Crippen LogP contribution in [0.3, 0.4) is 0 Å². The Morgan fingerprint density at radius 2 is 1.73 bits per heavy atom. The fourth-order valence-corrected chi connectivity index (χ4v) is 4.64. The van der Waals surface area contributed by atoms with Crippen LogP contribution >= 0.6 is 0 Å². The zero-order valence-electron chi connectivity index (χ0n) is 17.2. The van der Waals surface area contributed by atoms with E-state index in [-0.39, 0.29) is 4.90 Å². The van der Waals surface area contributed by atoms with Crippen molar-refractivity contribution >= 4 is 9.84 Å². The van der Waals surface area contributed by atoms with Crippen LogP contribution in [0.5, 0.6) is 0 Å². The predicted octanol–water partition coefficient (Wildman–Crippen LogP) is 3.74. The van der Waals surface area contributed by atoms with Crippen molar-refractivity contribution in [1.82, 2.24) is 0 Å². The molecule has 2 saturated heterocycles. The smallest absolute Gasteiger partial charge is 0.199 e. The van der Waals surface area contributed by atoms with E-state index in [2.05, 4.69) is 0 Å². The van der Waals surface area contributed by atoms with Gasteiger partial charge in [0.1, 0.15) is 18.3 Å². The number of hydrogen-bond donors (Lipinski definition) is 0. The Bertz CT molecular complexity index is 998. The molecule has 7 heteroatoms. The Labute approximate surface area is 177 Å². The molecule has 0 N–H and O–H groups in total. The first-order chi connectivity index (χ1) is 14.2. The normalized spacial score (nSPS) is 28.1. The van der Waals surface area contributed by atoms with Crippen LogP contribution in [-0.4, -0.2) is 38.8 Å². The molecule has 4 rings (SSSR count). The maximum atomic E-state index is 12.7. The van der Waals surface area contributed by atoms with Crippen LogP contribution < -0.4 is 0 Å². The van der Waals surface area contributed by atoms with Gasteiger partial charge in [-0.3, -0.25) is 0 Å². The van der Waals surface area contributed by atoms with Crippen molar-refractivity contribution in [3.05, 3.63) is 77.2 Å². The van der Waals surface area contributed by atoms with Gasteiger partial charge < -0.3 is 18.9 Å². The third kappa shape index (κ3) is 4.66. The number of fused-ring (bicyclic) bond motifs is 1. The van der Waals surface area contributed by atoms with E-state index in [4.69, 9.17) is 18.9 Å². The molecule has 0 aliphatic carbocycles. The van der Waals surface area contributed by atoms with Crippen molar-refractivity contribution in [3.63, 3.8) is 0 Å². The molecule has 0 saturated carbocycles. The molecule has 0 aromatic heterocycles. The van der Waals surface area contributed by atoms with Gasteiger partial charge in [0, 0.05) is 5.41 Å². The predicted molar refractivity (Wildman–Crippen MR) is 111 cm³/mol. The second kappa shape index (κ2) is 8.24. The summed E-state index contributed by atoms with van der Waals surface area (Å²) < 4.78 is 49.2. The third-order valence-corrected chi connectivity index (χ3v) is 6.55. The van der Waals surface area contributed by atoms with Crippen molar-refractivity contribution in [2.75, 3.05) is 0 Å². The van der Waals surface area contributed by atoms with Gasteiger partial charge in [-0.1, -0.05) is 48.0 Å². The first-order valence-corrected chi connectivity index (χ1v) is 11.4. The van der Waals surface area contributed by atoms with Gasteiger partial charge in [-0.2, -0.15) is 0 Å². The van der Waals surface area contributed by atoms with Crippen LogP contribution in [0.4, 0.5) is 0 Å². The molecule has 0 bridgehead atoms. The van der Waals surface area contributed by atoms with E-state index in [0.29, 0.717) is 6.61 Å². The molecule has 160 valence electrons. The summed E-state index contributed by atoms with van der Waals surface area (Å²) in [6.07, 6.45) is -0.650. The Morgan fingerprint density at radius 1 is 1.03 bits per heavy atom. The molecule has 2 aromatic carbocycles. The van der Waals surface area contributed by atoms with Gasteiger partial charge in [-0.15, -0.1) is 0 Å². The third-order valence-electron chi connectivity index (χ3n) is 5.11. The maximum absolute atomic E-state index is 12.7. The largest absolute Gasteiger partial charge is 0.368 e. The van der Waals surface area contributed by atoms with E-state index in [9.17, 15) is 8.42 Å². The molecule has 4 atom stereocenters. The van der Waals surface area contributed by atoms with Crippen LogP contribution in [0.2, 0.25) is 0 Å². The van der Waals surface area contributed by atoms with Crippen molar-refractivity contribution in [1.29, 1.82) is 0 Å². The molecule has 2 aromatic rings. The lowest BCUT2D eigenvalue weighted by atomic mass is 10.1. The number of benzene rings is 2. The Balaban J connectivity index is 1.53. The molecular weight excluding hydrogens is 404 g/mol. The van der Waals surface area contributed by atoms with E-state index in [0.717, 1.165) is 11.1 Å². The zero-order chi connectivity index (χ0) is 21.4. The highest BCUT2D eigenvalue weighted by atomic mass is 32.2. The highest BCUT2D eigenvalue weighted by Gasteiger charge is 2.54. The summed E-state index contributed by atoms with van der Waals surface area (Å²) in [5, 5.41) is 1.17. The summed E-state index contributed by atoms with van der Waals surface area (Å²) >= 11 is 0. The Morgan fingerprint density at radius 3 is 2.43 bits per heavy atom. The summed E-state index contributed by atoms with van der Waals surface area (Å²) in [7, 11) is -3.60. The SMILES string of the molecule is Cc1ccc(S(=O)(=O)/C=C/[C@H]2O[C@@H]3OC(C)(C)O[C@@H]3[C@H]2OCc2ccccc2)cc1. The molecule has 6 nitrogen and oxygen atoms in total. The quantitative estimate of drug-likeness (QED) is 0.695. The van der Waals surface area contributed by atoms with E-state index in [1.807, 2.05) is 51.1 Å². The Kier molecular flexibility index (Phi) is 5.83. The van der Waals surface area contributed by atoms with Crippen LogP contribution in [-0.2, 0) is 35.4 Å². The van der Waals surface area contributed by atoms with E-state index in [1.54, 1.807) is 24.3 Å². The second-order valence-corrected chi connectivity index (χ2v) is 9.85. The van der Waals surface area contributed by atoms with E-state index in [1.165, 1.54) is 11.5 Å². The molecular formula is C23H26O6S. The van der Waals surface area contributed by atoms with Crippen LogP contribution in [0.15, 0.2) is 71.0 Å². The molecule has 0 spiro atoms. The number of sulfone groups is 1. The average Bonchev–Trinajstić information content (AvgIpc) is 3.17. The fraction of sp³-hybridized carbons (Fsp3) is 0.391. The monoisotopic (exact) mass is 430 g/mol. The Hall–Kier alpha value is -2.03. The lowest BCUT2D eigenvalue weighted by molar-refractivity contribution is -0.213. The van der Waals surface area contributed by atoms with Crippen LogP contribution in [0.25, 0.3) is 0 Å². The average molecular weight is 431 g/mol. The highest BCUT2D eigenvalue weighted by Crippen LogP contribution is 2.39. The minimum atomic E-state index is -3.60. The summed E-state index contributed by atoms with van der Waals surface area (Å²) in [5.74, 6) is -0.785. The van der Waals surface area contributed by atoms with E-state index >= 15 is 0 Å². The fourth-order valence-electron chi connectivity index (χ4n) is 3.60. The summed E-state index contributed by atoms with van der Waals surface area (Å²) in [6.45, 7) is 5.90. The lowest BCUT2D eigenvalue weighted by Gasteiger charge is -2.24. The molecule has 2 fully saturated rings. The minimum absolute atomic E-state index is 0.234. The van der Waals surface area contributed by atoms with Crippen LogP contribution in [0, 0.1) is 6.92 Å². The van der Waals surface area contributed by atoms with Crippen molar-refractivity contribution in [2.45, 2.75) is 62.7 Å². The summed E-state index contributed by atoms with van der Waals surface area (Å²) in [6, 6.07) is 16.5. The van der Waals surface area contributed by atoms with Crippen LogP contribution in [0.1, 0.15) is 25.0 Å². The second-order valence-electron chi connectivity index (χ2n) is 8.02. The number of aryl methyl sites for hydroxylation is 1. The summed E-state index contributed by atoms with van der Waals surface area (Å²) in [4.78, 5) is 0.234. The molecule has 2 aliphatic rings. The molecule has 2 heterocycles. The lowest BCUT2D eigenvalue weighted by Crippen LogP contribution is -2.36. The molecule has 0 unspecified atom stereocenters. The topological polar surface area (TPSA) is 71.1 Å². The molecule has 2 aliphatic heterocycles. The maximum Gasteiger partial charge on any atom is 0.199 e. The van der Waals surface area contributed by atoms with Gasteiger partial charge in [0.2, 0.25) is 0 Å². The van der Waals surface area contributed by atoms with Gasteiger partial charge >= 0.3 is 0 Å².